The van der Waals surface area contributed by atoms with Crippen molar-refractivity contribution in [3.05, 3.63) is 22.8 Å². The molecule has 0 amide bonds. The van der Waals surface area contributed by atoms with Gasteiger partial charge in [-0.1, -0.05) is 19.4 Å². The first-order valence-corrected chi connectivity index (χ1v) is 9.33. The van der Waals surface area contributed by atoms with Gasteiger partial charge >= 0.3 is 0 Å². The van der Waals surface area contributed by atoms with Crippen molar-refractivity contribution >= 4 is 11.6 Å². The number of ketones is 2. The summed E-state index contributed by atoms with van der Waals surface area (Å²) in [6.07, 6.45) is 10.4. The van der Waals surface area contributed by atoms with Crippen LogP contribution in [0.15, 0.2) is 22.8 Å². The maximum absolute atomic E-state index is 12.4. The molecule has 23 heavy (non-hydrogen) atoms. The molecule has 0 aliphatic heterocycles. The van der Waals surface area contributed by atoms with Gasteiger partial charge in [-0.3, -0.25) is 9.59 Å². The van der Waals surface area contributed by atoms with Crippen LogP contribution in [0.25, 0.3) is 0 Å². The van der Waals surface area contributed by atoms with Gasteiger partial charge < -0.3 is 0 Å². The van der Waals surface area contributed by atoms with E-state index in [1.54, 1.807) is 12.5 Å². The first-order valence-electron chi connectivity index (χ1n) is 9.33. The Morgan fingerprint density at radius 1 is 1.09 bits per heavy atom. The van der Waals surface area contributed by atoms with Crippen molar-refractivity contribution in [2.75, 3.05) is 0 Å². The highest BCUT2D eigenvalue weighted by Gasteiger charge is 2.60. The van der Waals surface area contributed by atoms with Crippen molar-refractivity contribution in [1.82, 2.24) is 0 Å². The van der Waals surface area contributed by atoms with E-state index >= 15 is 0 Å². The summed E-state index contributed by atoms with van der Waals surface area (Å²) in [6, 6.07) is 0. The lowest BCUT2D eigenvalue weighted by Gasteiger charge is -2.52. The second kappa shape index (κ2) is 4.91. The Hall–Kier alpha value is -1.18. The zero-order chi connectivity index (χ0) is 16.4. The van der Waals surface area contributed by atoms with Crippen LogP contribution in [0.5, 0.6) is 0 Å². The molecule has 2 saturated carbocycles. The molecule has 0 unspecified atom stereocenters. The standard InChI is InChI=1S/C21H28O2/c1-13(22)20(2)11-9-19-18-6-4-14-12-15(23)5-7-16(14)17(18)8-10-21(19,20)3/h12,18-19H,4-11H2,1-3H3/t18-,19+,20-,21-/m0/s1. The van der Waals surface area contributed by atoms with Crippen molar-refractivity contribution in [3.8, 4) is 0 Å². The predicted molar refractivity (Wildman–Crippen MR) is 90.9 cm³/mol. The van der Waals surface area contributed by atoms with E-state index in [-0.39, 0.29) is 10.8 Å². The molecule has 0 N–H and O–H groups in total. The van der Waals surface area contributed by atoms with Crippen molar-refractivity contribution in [3.63, 3.8) is 0 Å². The van der Waals surface area contributed by atoms with Crippen molar-refractivity contribution in [2.45, 2.75) is 72.1 Å². The van der Waals surface area contributed by atoms with Crippen LogP contribution in [-0.2, 0) is 9.59 Å². The second-order valence-corrected chi connectivity index (χ2v) is 8.74. The second-order valence-electron chi connectivity index (χ2n) is 8.74. The van der Waals surface area contributed by atoms with Crippen LogP contribution >= 0.6 is 0 Å². The lowest BCUT2D eigenvalue weighted by atomic mass is 9.52. The number of carbonyl (C=O) groups excluding carboxylic acids is 2. The molecule has 0 aromatic carbocycles. The Balaban J connectivity index is 1.74. The Bertz CT molecular complexity index is 653. The highest BCUT2D eigenvalue weighted by atomic mass is 16.1. The summed E-state index contributed by atoms with van der Waals surface area (Å²) < 4.78 is 0. The summed E-state index contributed by atoms with van der Waals surface area (Å²) in [5.41, 5.74) is 4.55. The summed E-state index contributed by atoms with van der Waals surface area (Å²) in [5, 5.41) is 0. The third kappa shape index (κ3) is 1.93. The smallest absolute Gasteiger partial charge is 0.156 e. The van der Waals surface area contributed by atoms with E-state index in [2.05, 4.69) is 13.8 Å². The van der Waals surface area contributed by atoms with E-state index in [0.717, 1.165) is 32.1 Å². The van der Waals surface area contributed by atoms with Crippen molar-refractivity contribution in [1.29, 1.82) is 0 Å². The van der Waals surface area contributed by atoms with Gasteiger partial charge in [0.15, 0.2) is 5.78 Å². The molecule has 0 saturated heterocycles. The number of hydrogen-bond donors (Lipinski definition) is 0. The van der Waals surface area contributed by atoms with E-state index < -0.39 is 0 Å². The number of hydrogen-bond acceptors (Lipinski definition) is 2. The van der Waals surface area contributed by atoms with Gasteiger partial charge in [-0.2, -0.15) is 0 Å². The molecule has 0 aromatic heterocycles. The Labute approximate surface area is 139 Å². The van der Waals surface area contributed by atoms with Gasteiger partial charge in [-0.25, -0.2) is 0 Å². The van der Waals surface area contributed by atoms with E-state index in [4.69, 9.17) is 0 Å². The minimum atomic E-state index is -0.132. The average Bonchev–Trinajstić information content (AvgIpc) is 2.80. The fourth-order valence-corrected chi connectivity index (χ4v) is 6.38. The van der Waals surface area contributed by atoms with E-state index in [9.17, 15) is 9.59 Å². The molecule has 0 spiro atoms. The van der Waals surface area contributed by atoms with Crippen LogP contribution in [0.4, 0.5) is 0 Å². The molecule has 4 aliphatic carbocycles. The quantitative estimate of drug-likeness (QED) is 0.697. The molecule has 0 radical (unpaired) electrons. The number of carbonyl (C=O) groups is 2. The molecule has 0 heterocycles. The molecule has 124 valence electrons. The minimum Gasteiger partial charge on any atom is -0.299 e. The Morgan fingerprint density at radius 2 is 1.87 bits per heavy atom. The van der Waals surface area contributed by atoms with Crippen LogP contribution in [0.3, 0.4) is 0 Å². The highest BCUT2D eigenvalue weighted by Crippen LogP contribution is 2.66. The largest absolute Gasteiger partial charge is 0.299 e. The fourth-order valence-electron chi connectivity index (χ4n) is 6.38. The summed E-state index contributed by atoms with van der Waals surface area (Å²) in [4.78, 5) is 24.1. The molecule has 2 fully saturated rings. The van der Waals surface area contributed by atoms with Gasteiger partial charge in [-0.15, -0.1) is 0 Å². The maximum Gasteiger partial charge on any atom is 0.156 e. The monoisotopic (exact) mass is 312 g/mol. The highest BCUT2D eigenvalue weighted by molar-refractivity contribution is 5.93. The molecule has 0 bridgehead atoms. The van der Waals surface area contributed by atoms with Gasteiger partial charge in [0.2, 0.25) is 0 Å². The Morgan fingerprint density at radius 3 is 2.61 bits per heavy atom. The minimum absolute atomic E-state index is 0.132. The van der Waals surface area contributed by atoms with Gasteiger partial charge in [0.25, 0.3) is 0 Å². The molecular formula is C21H28O2. The van der Waals surface area contributed by atoms with Crippen LogP contribution < -0.4 is 0 Å². The van der Waals surface area contributed by atoms with E-state index in [1.165, 1.54) is 24.0 Å². The van der Waals surface area contributed by atoms with Crippen LogP contribution in [0.2, 0.25) is 0 Å². The molecule has 2 nitrogen and oxygen atoms in total. The zero-order valence-corrected chi connectivity index (χ0v) is 14.7. The molecule has 4 aliphatic rings. The van der Waals surface area contributed by atoms with Gasteiger partial charge in [0.05, 0.1) is 0 Å². The van der Waals surface area contributed by atoms with Crippen molar-refractivity contribution in [2.24, 2.45) is 22.7 Å². The van der Waals surface area contributed by atoms with E-state index in [1.807, 2.05) is 6.08 Å². The Kier molecular flexibility index (Phi) is 3.28. The van der Waals surface area contributed by atoms with Crippen molar-refractivity contribution < 1.29 is 9.59 Å². The lowest BCUT2D eigenvalue weighted by molar-refractivity contribution is -0.134. The third-order valence-electron chi connectivity index (χ3n) is 8.11. The van der Waals surface area contributed by atoms with Gasteiger partial charge in [0.1, 0.15) is 5.78 Å². The fraction of sp³-hybridized carbons (Fsp3) is 0.714. The number of rotatable bonds is 1. The third-order valence-corrected chi connectivity index (χ3v) is 8.11. The summed E-state index contributed by atoms with van der Waals surface area (Å²) >= 11 is 0. The van der Waals surface area contributed by atoms with Gasteiger partial charge in [0, 0.05) is 11.8 Å². The molecule has 2 heteroatoms. The van der Waals surface area contributed by atoms with Crippen LogP contribution in [0, 0.1) is 22.7 Å². The number of fused-ring (bicyclic) bond motifs is 4. The first kappa shape index (κ1) is 15.4. The zero-order valence-electron chi connectivity index (χ0n) is 14.7. The SMILES string of the molecule is CC(=O)[C@]1(C)CC[C@@H]2[C@H]3CCC4=CC(=O)CCC4=C3CC[C@@]21C. The van der Waals surface area contributed by atoms with E-state index in [0.29, 0.717) is 29.8 Å². The normalized spacial score (nSPS) is 42.7. The topological polar surface area (TPSA) is 34.1 Å². The van der Waals surface area contributed by atoms with Crippen LogP contribution in [-0.4, -0.2) is 11.6 Å². The lowest BCUT2D eigenvalue weighted by Crippen LogP contribution is -2.47. The molecule has 0 aromatic rings. The summed E-state index contributed by atoms with van der Waals surface area (Å²) in [5.74, 6) is 2.02. The molecule has 4 atom stereocenters. The number of allylic oxidation sites excluding steroid dienone is 4. The number of Topliss-reactive ketones (excluding diaryl/α,β-unsaturated/α-hetero) is 1. The molecule has 4 rings (SSSR count). The molecular weight excluding hydrogens is 284 g/mol. The van der Waals surface area contributed by atoms with Gasteiger partial charge in [-0.05, 0) is 86.3 Å². The average molecular weight is 312 g/mol. The van der Waals surface area contributed by atoms with Crippen LogP contribution in [0.1, 0.15) is 72.1 Å². The summed E-state index contributed by atoms with van der Waals surface area (Å²) in [7, 11) is 0. The first-order chi connectivity index (χ1) is 10.9. The maximum atomic E-state index is 12.4. The summed E-state index contributed by atoms with van der Waals surface area (Å²) in [6.45, 7) is 6.42. The predicted octanol–water partition coefficient (Wildman–Crippen LogP) is 4.79.